The molecule has 0 aromatic rings. The van der Waals surface area contributed by atoms with Crippen molar-refractivity contribution < 1.29 is 14.6 Å². The molecule has 78 valence electrons. The molecule has 1 atom stereocenters. The molecule has 0 aliphatic heterocycles. The highest BCUT2D eigenvalue weighted by atomic mass is 32.2. The summed E-state index contributed by atoms with van der Waals surface area (Å²) in [5.41, 5.74) is 0. The Hall–Kier alpha value is -0.220. The Labute approximate surface area is 83.9 Å². The molecule has 0 fully saturated rings. The van der Waals surface area contributed by atoms with Crippen molar-refractivity contribution in [1.29, 1.82) is 0 Å². The van der Waals surface area contributed by atoms with Crippen LogP contribution in [-0.4, -0.2) is 36.3 Å². The fourth-order valence-corrected chi connectivity index (χ4v) is 1.49. The standard InChI is InChI=1S/C9H18O3S/c1-12-9(11)5-3-4-8(10)6-7-13-2/h8,10H,3-7H2,1-2H3/t8-/m0/s1. The summed E-state index contributed by atoms with van der Waals surface area (Å²) in [6, 6.07) is 0. The van der Waals surface area contributed by atoms with E-state index in [4.69, 9.17) is 0 Å². The van der Waals surface area contributed by atoms with E-state index in [-0.39, 0.29) is 12.1 Å². The van der Waals surface area contributed by atoms with Crippen molar-refractivity contribution in [3.05, 3.63) is 0 Å². The number of aliphatic hydroxyl groups excluding tert-OH is 1. The molecule has 0 unspecified atom stereocenters. The van der Waals surface area contributed by atoms with Gasteiger partial charge in [0, 0.05) is 6.42 Å². The maximum absolute atomic E-state index is 10.7. The summed E-state index contributed by atoms with van der Waals surface area (Å²) in [7, 11) is 1.38. The van der Waals surface area contributed by atoms with E-state index in [2.05, 4.69) is 4.74 Å². The van der Waals surface area contributed by atoms with Gasteiger partial charge in [0.25, 0.3) is 0 Å². The highest BCUT2D eigenvalue weighted by molar-refractivity contribution is 7.98. The second-order valence-corrected chi connectivity index (χ2v) is 3.89. The topological polar surface area (TPSA) is 46.5 Å². The lowest BCUT2D eigenvalue weighted by Gasteiger charge is -2.08. The molecule has 0 bridgehead atoms. The molecule has 0 spiro atoms. The minimum Gasteiger partial charge on any atom is -0.469 e. The van der Waals surface area contributed by atoms with E-state index in [0.717, 1.165) is 12.2 Å². The predicted molar refractivity (Wildman–Crippen MR) is 54.9 cm³/mol. The molecular weight excluding hydrogens is 188 g/mol. The van der Waals surface area contributed by atoms with Gasteiger partial charge in [-0.25, -0.2) is 0 Å². The Morgan fingerprint density at radius 3 is 2.77 bits per heavy atom. The number of hydrogen-bond donors (Lipinski definition) is 1. The minimum absolute atomic E-state index is 0.197. The molecule has 3 nitrogen and oxygen atoms in total. The molecule has 4 heteroatoms. The quantitative estimate of drug-likeness (QED) is 0.640. The van der Waals surface area contributed by atoms with Gasteiger partial charge in [-0.2, -0.15) is 11.8 Å². The molecule has 0 heterocycles. The molecule has 0 amide bonds. The molecule has 0 rings (SSSR count). The predicted octanol–water partition coefficient (Wildman–Crippen LogP) is 1.44. The SMILES string of the molecule is COC(=O)CCC[C@H](O)CCSC. The van der Waals surface area contributed by atoms with Crippen LogP contribution in [-0.2, 0) is 9.53 Å². The van der Waals surface area contributed by atoms with E-state index < -0.39 is 0 Å². The zero-order valence-electron chi connectivity index (χ0n) is 8.28. The fourth-order valence-electron chi connectivity index (χ4n) is 0.982. The number of rotatable bonds is 7. The first kappa shape index (κ1) is 12.8. The van der Waals surface area contributed by atoms with Crippen LogP contribution in [0.1, 0.15) is 25.7 Å². The van der Waals surface area contributed by atoms with Crippen LogP contribution in [0.15, 0.2) is 0 Å². The summed E-state index contributed by atoms with van der Waals surface area (Å²) in [4.78, 5) is 10.7. The number of hydrogen-bond acceptors (Lipinski definition) is 4. The molecular formula is C9H18O3S. The van der Waals surface area contributed by atoms with Gasteiger partial charge in [-0.05, 0) is 31.3 Å². The Balaban J connectivity index is 3.26. The van der Waals surface area contributed by atoms with Crippen molar-refractivity contribution in [2.75, 3.05) is 19.1 Å². The number of thioether (sulfide) groups is 1. The van der Waals surface area contributed by atoms with Crippen molar-refractivity contribution in [3.8, 4) is 0 Å². The summed E-state index contributed by atoms with van der Waals surface area (Å²) in [5, 5.41) is 9.40. The fraction of sp³-hybridized carbons (Fsp3) is 0.889. The van der Waals surface area contributed by atoms with Crippen molar-refractivity contribution in [3.63, 3.8) is 0 Å². The van der Waals surface area contributed by atoms with Crippen molar-refractivity contribution in [2.24, 2.45) is 0 Å². The average molecular weight is 206 g/mol. The van der Waals surface area contributed by atoms with Crippen molar-refractivity contribution >= 4 is 17.7 Å². The third-order valence-corrected chi connectivity index (χ3v) is 2.45. The number of ether oxygens (including phenoxy) is 1. The molecule has 0 aliphatic carbocycles. The first-order valence-corrected chi connectivity index (χ1v) is 5.84. The van der Waals surface area contributed by atoms with Gasteiger partial charge in [-0.1, -0.05) is 0 Å². The van der Waals surface area contributed by atoms with Gasteiger partial charge in [0.05, 0.1) is 13.2 Å². The third kappa shape index (κ3) is 8.12. The largest absolute Gasteiger partial charge is 0.469 e. The monoisotopic (exact) mass is 206 g/mol. The second-order valence-electron chi connectivity index (χ2n) is 2.90. The molecule has 13 heavy (non-hydrogen) atoms. The average Bonchev–Trinajstić information content (AvgIpc) is 2.14. The summed E-state index contributed by atoms with van der Waals surface area (Å²) in [5.74, 6) is 0.774. The maximum atomic E-state index is 10.7. The number of esters is 1. The molecule has 0 saturated heterocycles. The van der Waals surface area contributed by atoms with Crippen molar-refractivity contribution in [1.82, 2.24) is 0 Å². The van der Waals surface area contributed by atoms with Gasteiger partial charge in [0.15, 0.2) is 0 Å². The van der Waals surface area contributed by atoms with Gasteiger partial charge in [-0.3, -0.25) is 4.79 Å². The normalized spacial score (nSPS) is 12.5. The molecule has 0 aliphatic rings. The highest BCUT2D eigenvalue weighted by Crippen LogP contribution is 2.07. The van der Waals surface area contributed by atoms with E-state index in [9.17, 15) is 9.90 Å². The third-order valence-electron chi connectivity index (χ3n) is 1.80. The Morgan fingerprint density at radius 2 is 2.23 bits per heavy atom. The van der Waals surface area contributed by atoms with E-state index in [1.807, 2.05) is 6.26 Å². The molecule has 0 saturated carbocycles. The van der Waals surface area contributed by atoms with Gasteiger partial charge in [-0.15, -0.1) is 0 Å². The lowest BCUT2D eigenvalue weighted by molar-refractivity contribution is -0.140. The van der Waals surface area contributed by atoms with Crippen LogP contribution < -0.4 is 0 Å². The van der Waals surface area contributed by atoms with Crippen LogP contribution in [0.4, 0.5) is 0 Å². The number of methoxy groups -OCH3 is 1. The maximum Gasteiger partial charge on any atom is 0.305 e. The first-order chi connectivity index (χ1) is 6.20. The van der Waals surface area contributed by atoms with Crippen molar-refractivity contribution in [2.45, 2.75) is 31.8 Å². The van der Waals surface area contributed by atoms with E-state index in [1.54, 1.807) is 11.8 Å². The highest BCUT2D eigenvalue weighted by Gasteiger charge is 2.05. The van der Waals surface area contributed by atoms with E-state index >= 15 is 0 Å². The summed E-state index contributed by atoms with van der Waals surface area (Å²) in [6.45, 7) is 0. The molecule has 0 aromatic carbocycles. The Kier molecular flexibility index (Phi) is 8.24. The van der Waals surface area contributed by atoms with Crippen LogP contribution in [0, 0.1) is 0 Å². The lowest BCUT2D eigenvalue weighted by Crippen LogP contribution is -2.09. The number of aliphatic hydroxyl groups is 1. The molecule has 0 radical (unpaired) electrons. The summed E-state index contributed by atoms with van der Waals surface area (Å²) < 4.78 is 4.49. The zero-order chi connectivity index (χ0) is 10.1. The van der Waals surface area contributed by atoms with Crippen LogP contribution in [0.25, 0.3) is 0 Å². The van der Waals surface area contributed by atoms with Crippen LogP contribution in [0.2, 0.25) is 0 Å². The van der Waals surface area contributed by atoms with Gasteiger partial charge >= 0.3 is 5.97 Å². The van der Waals surface area contributed by atoms with Gasteiger partial charge in [0.1, 0.15) is 0 Å². The first-order valence-electron chi connectivity index (χ1n) is 4.44. The van der Waals surface area contributed by atoms with E-state index in [1.165, 1.54) is 7.11 Å². The second kappa shape index (κ2) is 8.38. The smallest absolute Gasteiger partial charge is 0.305 e. The molecule has 1 N–H and O–H groups in total. The van der Waals surface area contributed by atoms with E-state index in [0.29, 0.717) is 19.3 Å². The van der Waals surface area contributed by atoms with Gasteiger partial charge < -0.3 is 9.84 Å². The minimum atomic E-state index is -0.267. The van der Waals surface area contributed by atoms with Crippen LogP contribution >= 0.6 is 11.8 Å². The van der Waals surface area contributed by atoms with Crippen LogP contribution in [0.5, 0.6) is 0 Å². The van der Waals surface area contributed by atoms with Gasteiger partial charge in [0.2, 0.25) is 0 Å². The summed E-state index contributed by atoms with van der Waals surface area (Å²) in [6.07, 6.45) is 4.37. The van der Waals surface area contributed by atoms with Crippen LogP contribution in [0.3, 0.4) is 0 Å². The number of carbonyl (C=O) groups is 1. The molecule has 0 aromatic heterocycles. The Morgan fingerprint density at radius 1 is 1.54 bits per heavy atom. The summed E-state index contributed by atoms with van der Waals surface area (Å²) >= 11 is 1.72. The number of carbonyl (C=O) groups excluding carboxylic acids is 1. The Bertz CT molecular complexity index is 139. The lowest BCUT2D eigenvalue weighted by atomic mass is 10.1. The zero-order valence-corrected chi connectivity index (χ0v) is 9.10.